The maximum Gasteiger partial charge on any atom is 0.134 e. The van der Waals surface area contributed by atoms with Crippen LogP contribution in [0.5, 0.6) is 0 Å². The molecule has 0 aromatic carbocycles. The molecular formula is C13H16ClN3S. The summed E-state index contributed by atoms with van der Waals surface area (Å²) in [5, 5.41) is 3.13. The van der Waals surface area contributed by atoms with Crippen molar-refractivity contribution in [3.05, 3.63) is 27.9 Å². The van der Waals surface area contributed by atoms with Crippen LogP contribution in [-0.2, 0) is 0 Å². The van der Waals surface area contributed by atoms with Gasteiger partial charge in [0.15, 0.2) is 0 Å². The monoisotopic (exact) mass is 281 g/mol. The summed E-state index contributed by atoms with van der Waals surface area (Å²) in [6.45, 7) is 6.21. The Morgan fingerprint density at radius 1 is 1.28 bits per heavy atom. The normalized spacial score (nSPS) is 11.0. The summed E-state index contributed by atoms with van der Waals surface area (Å²) in [4.78, 5) is 10.3. The van der Waals surface area contributed by atoms with Crippen LogP contribution in [0.3, 0.4) is 0 Å². The van der Waals surface area contributed by atoms with Gasteiger partial charge in [0.25, 0.3) is 0 Å². The Morgan fingerprint density at radius 2 is 2.00 bits per heavy atom. The quantitative estimate of drug-likeness (QED) is 0.910. The van der Waals surface area contributed by atoms with Crippen molar-refractivity contribution >= 4 is 28.8 Å². The summed E-state index contributed by atoms with van der Waals surface area (Å²) in [6.07, 6.45) is 0. The molecule has 0 radical (unpaired) electrons. The highest BCUT2D eigenvalue weighted by Gasteiger charge is 2.15. The molecule has 0 aliphatic heterocycles. The lowest BCUT2D eigenvalue weighted by molar-refractivity contribution is 0.775. The third kappa shape index (κ3) is 2.49. The molecule has 3 nitrogen and oxygen atoms in total. The zero-order chi connectivity index (χ0) is 13.3. The summed E-state index contributed by atoms with van der Waals surface area (Å²) in [6, 6.07) is 3.91. The zero-order valence-corrected chi connectivity index (χ0v) is 12.5. The molecule has 96 valence electrons. The van der Waals surface area contributed by atoms with E-state index in [0.717, 1.165) is 32.1 Å². The summed E-state index contributed by atoms with van der Waals surface area (Å²) in [5.41, 5.74) is 2.02. The predicted octanol–water partition coefficient (Wildman–Crippen LogP) is 4.33. The van der Waals surface area contributed by atoms with Crippen molar-refractivity contribution in [2.75, 3.05) is 12.4 Å². The molecule has 0 fully saturated rings. The predicted molar refractivity (Wildman–Crippen MR) is 78.7 cm³/mol. The van der Waals surface area contributed by atoms with E-state index in [2.05, 4.69) is 29.1 Å². The van der Waals surface area contributed by atoms with Gasteiger partial charge in [0.2, 0.25) is 0 Å². The van der Waals surface area contributed by atoms with E-state index in [4.69, 9.17) is 11.6 Å². The minimum absolute atomic E-state index is 0.298. The van der Waals surface area contributed by atoms with E-state index in [1.807, 2.05) is 26.1 Å². The van der Waals surface area contributed by atoms with E-state index >= 15 is 0 Å². The fourth-order valence-electron chi connectivity index (χ4n) is 1.72. The van der Waals surface area contributed by atoms with Crippen LogP contribution < -0.4 is 5.32 Å². The second kappa shape index (κ2) is 5.24. The van der Waals surface area contributed by atoms with Gasteiger partial charge in [0.05, 0.1) is 14.9 Å². The van der Waals surface area contributed by atoms with Crippen molar-refractivity contribution in [1.82, 2.24) is 9.97 Å². The molecule has 0 spiro atoms. The Hall–Kier alpha value is -1.13. The lowest BCUT2D eigenvalue weighted by Crippen LogP contribution is -2.06. The SMILES string of the molecule is CNc1nc(C(C)C)nc(-c2ccc(Cl)s2)c1C. The maximum atomic E-state index is 6.00. The first-order valence-corrected chi connectivity index (χ1v) is 7.04. The molecular weight excluding hydrogens is 266 g/mol. The van der Waals surface area contributed by atoms with Gasteiger partial charge in [-0.3, -0.25) is 0 Å². The number of hydrogen-bond acceptors (Lipinski definition) is 4. The van der Waals surface area contributed by atoms with Gasteiger partial charge >= 0.3 is 0 Å². The molecule has 5 heteroatoms. The average molecular weight is 282 g/mol. The molecule has 2 heterocycles. The standard InChI is InChI=1S/C13H16ClN3S/c1-7(2)12-16-11(8(3)13(15-4)17-12)9-5-6-10(14)18-9/h5-7H,1-4H3,(H,15,16,17). The van der Waals surface area contributed by atoms with E-state index in [-0.39, 0.29) is 0 Å². The van der Waals surface area contributed by atoms with Crippen molar-refractivity contribution < 1.29 is 0 Å². The molecule has 0 saturated carbocycles. The minimum Gasteiger partial charge on any atom is -0.373 e. The van der Waals surface area contributed by atoms with Gasteiger partial charge < -0.3 is 5.32 Å². The Kier molecular flexibility index (Phi) is 3.88. The minimum atomic E-state index is 0.298. The van der Waals surface area contributed by atoms with Gasteiger partial charge in [0.1, 0.15) is 11.6 Å². The number of nitrogens with zero attached hydrogens (tertiary/aromatic N) is 2. The van der Waals surface area contributed by atoms with Gasteiger partial charge in [-0.05, 0) is 19.1 Å². The highest BCUT2D eigenvalue weighted by atomic mass is 35.5. The smallest absolute Gasteiger partial charge is 0.134 e. The van der Waals surface area contributed by atoms with Gasteiger partial charge in [0, 0.05) is 18.5 Å². The van der Waals surface area contributed by atoms with E-state index < -0.39 is 0 Å². The molecule has 0 amide bonds. The lowest BCUT2D eigenvalue weighted by Gasteiger charge is -2.12. The van der Waals surface area contributed by atoms with Crippen molar-refractivity contribution in [3.63, 3.8) is 0 Å². The highest BCUT2D eigenvalue weighted by molar-refractivity contribution is 7.19. The number of aromatic nitrogens is 2. The van der Waals surface area contributed by atoms with Gasteiger partial charge in [-0.2, -0.15) is 0 Å². The molecule has 0 bridgehead atoms. The van der Waals surface area contributed by atoms with Gasteiger partial charge in [-0.1, -0.05) is 25.4 Å². The Labute approximate surface area is 116 Å². The van der Waals surface area contributed by atoms with Gasteiger partial charge in [-0.15, -0.1) is 11.3 Å². The first-order chi connectivity index (χ1) is 8.52. The van der Waals surface area contributed by atoms with E-state index in [1.165, 1.54) is 0 Å². The molecule has 0 unspecified atom stereocenters. The van der Waals surface area contributed by atoms with E-state index in [1.54, 1.807) is 11.3 Å². The Morgan fingerprint density at radius 3 is 2.50 bits per heavy atom. The number of thiophene rings is 1. The molecule has 0 saturated heterocycles. The summed E-state index contributed by atoms with van der Waals surface area (Å²) in [5.74, 6) is 2.03. The third-order valence-corrected chi connectivity index (χ3v) is 3.96. The number of anilines is 1. The maximum absolute atomic E-state index is 6.00. The fraction of sp³-hybridized carbons (Fsp3) is 0.385. The third-order valence-electron chi connectivity index (χ3n) is 2.72. The van der Waals surface area contributed by atoms with Crippen LogP contribution in [-0.4, -0.2) is 17.0 Å². The van der Waals surface area contributed by atoms with E-state index in [0.29, 0.717) is 5.92 Å². The molecule has 2 rings (SSSR count). The Bertz CT molecular complexity index is 563. The Balaban J connectivity index is 2.61. The summed E-state index contributed by atoms with van der Waals surface area (Å²) < 4.78 is 0.778. The molecule has 1 N–H and O–H groups in total. The summed E-state index contributed by atoms with van der Waals surface area (Å²) >= 11 is 7.54. The fourth-order valence-corrected chi connectivity index (χ4v) is 2.81. The van der Waals surface area contributed by atoms with Crippen molar-refractivity contribution in [2.24, 2.45) is 0 Å². The van der Waals surface area contributed by atoms with Crippen LogP contribution in [0.1, 0.15) is 31.2 Å². The van der Waals surface area contributed by atoms with E-state index in [9.17, 15) is 0 Å². The number of nitrogens with one attached hydrogen (secondary N) is 1. The highest BCUT2D eigenvalue weighted by Crippen LogP contribution is 2.34. The number of halogens is 1. The number of rotatable bonds is 3. The van der Waals surface area contributed by atoms with Crippen LogP contribution in [0.4, 0.5) is 5.82 Å². The first kappa shape index (κ1) is 13.3. The molecule has 2 aromatic rings. The van der Waals surface area contributed by atoms with Crippen LogP contribution in [0.15, 0.2) is 12.1 Å². The molecule has 0 atom stereocenters. The zero-order valence-electron chi connectivity index (χ0n) is 10.9. The largest absolute Gasteiger partial charge is 0.373 e. The lowest BCUT2D eigenvalue weighted by atomic mass is 10.1. The molecule has 0 aliphatic rings. The summed E-state index contributed by atoms with van der Waals surface area (Å²) in [7, 11) is 1.88. The topological polar surface area (TPSA) is 37.8 Å². The first-order valence-electron chi connectivity index (χ1n) is 5.85. The van der Waals surface area contributed by atoms with Crippen LogP contribution in [0.25, 0.3) is 10.6 Å². The molecule has 2 aromatic heterocycles. The van der Waals surface area contributed by atoms with Gasteiger partial charge in [-0.25, -0.2) is 9.97 Å². The van der Waals surface area contributed by atoms with Crippen molar-refractivity contribution in [2.45, 2.75) is 26.7 Å². The van der Waals surface area contributed by atoms with Crippen molar-refractivity contribution in [1.29, 1.82) is 0 Å². The van der Waals surface area contributed by atoms with Crippen LogP contribution in [0, 0.1) is 6.92 Å². The molecule has 0 aliphatic carbocycles. The second-order valence-electron chi connectivity index (χ2n) is 4.41. The number of hydrogen-bond donors (Lipinski definition) is 1. The second-order valence-corrected chi connectivity index (χ2v) is 6.13. The molecule has 18 heavy (non-hydrogen) atoms. The van der Waals surface area contributed by atoms with Crippen LogP contribution >= 0.6 is 22.9 Å². The van der Waals surface area contributed by atoms with Crippen LogP contribution in [0.2, 0.25) is 4.34 Å². The van der Waals surface area contributed by atoms with Crippen molar-refractivity contribution in [3.8, 4) is 10.6 Å². The average Bonchev–Trinajstić information content (AvgIpc) is 2.75.